The van der Waals surface area contributed by atoms with Gasteiger partial charge in [-0.3, -0.25) is 0 Å². The highest BCUT2D eigenvalue weighted by Crippen LogP contribution is 2.57. The van der Waals surface area contributed by atoms with Crippen molar-refractivity contribution >= 4 is 34.1 Å². The lowest BCUT2D eigenvalue weighted by Gasteiger charge is -2.32. The minimum absolute atomic E-state index is 0.0109. The molecule has 1 spiro atoms. The smallest absolute Gasteiger partial charge is 0.0497 e. The van der Waals surface area contributed by atoms with Crippen LogP contribution in [0.3, 0.4) is 0 Å². The van der Waals surface area contributed by atoms with E-state index in [0.717, 1.165) is 25.7 Å². The van der Waals surface area contributed by atoms with Gasteiger partial charge in [0.25, 0.3) is 0 Å². The molecule has 3 aliphatic carbocycles. The van der Waals surface area contributed by atoms with Crippen LogP contribution < -0.4 is 9.80 Å². The molecule has 7 aromatic rings. The summed E-state index contributed by atoms with van der Waals surface area (Å²) in [5.41, 5.74) is 22.9. The van der Waals surface area contributed by atoms with Crippen LogP contribution in [0.2, 0.25) is 0 Å². The van der Waals surface area contributed by atoms with Crippen LogP contribution in [0, 0.1) is 20.8 Å². The van der Waals surface area contributed by atoms with Gasteiger partial charge in [-0.25, -0.2) is 0 Å². The van der Waals surface area contributed by atoms with Crippen LogP contribution in [0.25, 0.3) is 11.1 Å². The Morgan fingerprint density at radius 3 is 1.49 bits per heavy atom. The molecule has 270 valence electrons. The topological polar surface area (TPSA) is 6.48 Å². The lowest BCUT2D eigenvalue weighted by atomic mass is 9.76. The molecule has 0 unspecified atom stereocenters. The second-order valence-corrected chi connectivity index (χ2v) is 16.7. The molecule has 0 aliphatic heterocycles. The van der Waals surface area contributed by atoms with Crippen LogP contribution in [-0.2, 0) is 23.7 Å². The molecule has 1 atom stereocenters. The maximum Gasteiger partial charge on any atom is 0.0497 e. The van der Waals surface area contributed by atoms with Crippen molar-refractivity contribution in [2.24, 2.45) is 0 Å². The Bertz CT molecular complexity index is 2560. The van der Waals surface area contributed by atoms with E-state index in [4.69, 9.17) is 0 Å². The van der Waals surface area contributed by atoms with Gasteiger partial charge in [0.1, 0.15) is 0 Å². The van der Waals surface area contributed by atoms with Crippen molar-refractivity contribution in [3.8, 4) is 11.1 Å². The first kappa shape index (κ1) is 33.7. The fourth-order valence-electron chi connectivity index (χ4n) is 10.6. The molecule has 55 heavy (non-hydrogen) atoms. The molecule has 0 fully saturated rings. The van der Waals surface area contributed by atoms with E-state index in [0.29, 0.717) is 0 Å². The third-order valence-corrected chi connectivity index (χ3v) is 13.2. The first-order valence-corrected chi connectivity index (χ1v) is 20.0. The number of aryl methyl sites for hydroxylation is 4. The maximum absolute atomic E-state index is 2.56. The summed E-state index contributed by atoms with van der Waals surface area (Å²) in [6, 6.07) is 56.8. The van der Waals surface area contributed by atoms with Gasteiger partial charge in [-0.2, -0.15) is 0 Å². The molecule has 0 amide bonds. The van der Waals surface area contributed by atoms with Crippen LogP contribution in [0.5, 0.6) is 0 Å². The quantitative estimate of drug-likeness (QED) is 0.169. The first-order valence-electron chi connectivity index (χ1n) is 20.0. The summed E-state index contributed by atoms with van der Waals surface area (Å²) in [5.74, 6) is 0. The van der Waals surface area contributed by atoms with Crippen molar-refractivity contribution in [2.45, 2.75) is 71.1 Å². The lowest BCUT2D eigenvalue weighted by molar-refractivity contribution is 0.507. The number of para-hydroxylation sites is 3. The van der Waals surface area contributed by atoms with Gasteiger partial charge < -0.3 is 9.80 Å². The fraction of sp³-hybridized carbons (Fsp3) is 0.208. The fourth-order valence-corrected chi connectivity index (χ4v) is 10.6. The van der Waals surface area contributed by atoms with Crippen molar-refractivity contribution < 1.29 is 0 Å². The molecule has 7 aromatic carbocycles. The summed E-state index contributed by atoms with van der Waals surface area (Å²) in [6.45, 7) is 11.7. The van der Waals surface area contributed by atoms with Crippen LogP contribution in [0.15, 0.2) is 152 Å². The normalized spacial score (nSPS) is 17.1. The largest absolute Gasteiger partial charge is 0.310 e. The van der Waals surface area contributed by atoms with Gasteiger partial charge in [0, 0.05) is 45.0 Å². The molecular formula is C53H48N2. The predicted octanol–water partition coefficient (Wildman–Crippen LogP) is 14.0. The van der Waals surface area contributed by atoms with E-state index in [1.807, 2.05) is 0 Å². The number of fused-ring (bicyclic) bond motifs is 7. The van der Waals surface area contributed by atoms with E-state index in [-0.39, 0.29) is 10.8 Å². The Hall–Kier alpha value is -5.86. The summed E-state index contributed by atoms with van der Waals surface area (Å²) in [7, 11) is 0. The molecule has 3 aliphatic rings. The number of benzene rings is 7. The molecular weight excluding hydrogens is 665 g/mol. The highest BCUT2D eigenvalue weighted by molar-refractivity contribution is 5.91. The Morgan fingerprint density at radius 2 is 0.945 bits per heavy atom. The number of anilines is 6. The highest BCUT2D eigenvalue weighted by Gasteiger charge is 2.45. The molecule has 0 bridgehead atoms. The number of nitrogens with zero attached hydrogens (tertiary/aromatic N) is 2. The molecule has 0 saturated heterocycles. The number of rotatable bonds is 6. The average molecular weight is 713 g/mol. The van der Waals surface area contributed by atoms with Crippen molar-refractivity contribution in [1.29, 1.82) is 0 Å². The zero-order valence-corrected chi connectivity index (χ0v) is 32.7. The van der Waals surface area contributed by atoms with E-state index >= 15 is 0 Å². The third kappa shape index (κ3) is 5.14. The molecule has 0 radical (unpaired) electrons. The van der Waals surface area contributed by atoms with Crippen LogP contribution >= 0.6 is 0 Å². The Labute approximate surface area is 326 Å². The second kappa shape index (κ2) is 12.6. The van der Waals surface area contributed by atoms with Gasteiger partial charge >= 0.3 is 0 Å². The Balaban J connectivity index is 1.12. The molecule has 0 N–H and O–H groups in total. The molecule has 10 rings (SSSR count). The van der Waals surface area contributed by atoms with E-state index in [1.54, 1.807) is 0 Å². The summed E-state index contributed by atoms with van der Waals surface area (Å²) in [4.78, 5) is 4.93. The molecule has 0 saturated carbocycles. The minimum atomic E-state index is -0.0480. The van der Waals surface area contributed by atoms with E-state index in [9.17, 15) is 0 Å². The lowest BCUT2D eigenvalue weighted by Crippen LogP contribution is -2.22. The van der Waals surface area contributed by atoms with E-state index < -0.39 is 0 Å². The number of hydrogen-bond acceptors (Lipinski definition) is 2. The number of hydrogen-bond donors (Lipinski definition) is 0. The van der Waals surface area contributed by atoms with E-state index in [1.165, 1.54) is 95.3 Å². The van der Waals surface area contributed by atoms with Crippen molar-refractivity contribution in [1.82, 2.24) is 0 Å². The van der Waals surface area contributed by atoms with Crippen molar-refractivity contribution in [3.63, 3.8) is 0 Å². The monoisotopic (exact) mass is 712 g/mol. The van der Waals surface area contributed by atoms with Crippen LogP contribution in [0.1, 0.15) is 76.8 Å². The molecule has 2 nitrogen and oxygen atoms in total. The third-order valence-electron chi connectivity index (χ3n) is 13.2. The van der Waals surface area contributed by atoms with Gasteiger partial charge in [-0.1, -0.05) is 104 Å². The maximum atomic E-state index is 2.56. The minimum Gasteiger partial charge on any atom is -0.310 e. The Kier molecular flexibility index (Phi) is 7.72. The van der Waals surface area contributed by atoms with Gasteiger partial charge in [0.05, 0.1) is 0 Å². The van der Waals surface area contributed by atoms with Gasteiger partial charge in [-0.15, -0.1) is 0 Å². The van der Waals surface area contributed by atoms with E-state index in [2.05, 4.69) is 196 Å². The average Bonchev–Trinajstić information content (AvgIpc) is 3.84. The summed E-state index contributed by atoms with van der Waals surface area (Å²) in [6.07, 6.45) is 4.50. The molecule has 2 heteroatoms. The summed E-state index contributed by atoms with van der Waals surface area (Å²) >= 11 is 0. The summed E-state index contributed by atoms with van der Waals surface area (Å²) in [5, 5.41) is 0. The van der Waals surface area contributed by atoms with Crippen molar-refractivity contribution in [3.05, 3.63) is 202 Å². The van der Waals surface area contributed by atoms with Gasteiger partial charge in [0.15, 0.2) is 0 Å². The SMILES string of the molecule is Cc1cc(C)c2c(c1)C(C)(C)c1ccc(N(c3ccccc3)c3ccc4c(c3)[C@]3(CCc5ccc(N(c6ccccc6)c6ccccc6)cc53)CC4)c(C)c1-2. The summed E-state index contributed by atoms with van der Waals surface area (Å²) < 4.78 is 0. The molecule has 0 heterocycles. The van der Waals surface area contributed by atoms with Crippen molar-refractivity contribution in [2.75, 3.05) is 9.80 Å². The van der Waals surface area contributed by atoms with Crippen LogP contribution in [0.4, 0.5) is 34.1 Å². The zero-order chi connectivity index (χ0) is 37.5. The first-order chi connectivity index (χ1) is 26.7. The highest BCUT2D eigenvalue weighted by atomic mass is 15.1. The zero-order valence-electron chi connectivity index (χ0n) is 32.7. The van der Waals surface area contributed by atoms with Gasteiger partial charge in [0.2, 0.25) is 0 Å². The van der Waals surface area contributed by atoms with Crippen LogP contribution in [-0.4, -0.2) is 0 Å². The molecule has 0 aromatic heterocycles. The van der Waals surface area contributed by atoms with Gasteiger partial charge in [-0.05, 0) is 169 Å². The standard InChI is InChI=1S/C53H48N2/c1-35-31-36(2)50-48(32-35)52(4,5)45-25-26-49(37(3)51(45)50)55(42-19-13-8-14-20-42)44-24-22-39-28-30-53(47(39)34-44)29-27-38-21-23-43(33-46(38)53)54(40-15-9-6-10-16-40)41-17-11-7-12-18-41/h6-26,31-34H,27-30H2,1-5H3/t53-/m1/s1. The predicted molar refractivity (Wildman–Crippen MR) is 231 cm³/mol. The second-order valence-electron chi connectivity index (χ2n) is 16.7. The Morgan fingerprint density at radius 1 is 0.436 bits per heavy atom.